The predicted molar refractivity (Wildman–Crippen MR) is 64.1 cm³/mol. The third kappa shape index (κ3) is 2.14. The van der Waals surface area contributed by atoms with Crippen LogP contribution in [0.1, 0.15) is 12.6 Å². The fraction of sp³-hybridized carbons (Fsp3) is 0.154. The molecule has 0 saturated carbocycles. The minimum absolute atomic E-state index is 0.262. The fourth-order valence-electron chi connectivity index (χ4n) is 1.53. The van der Waals surface area contributed by atoms with Crippen LogP contribution < -0.4 is 0 Å². The summed E-state index contributed by atoms with van der Waals surface area (Å²) >= 11 is 0. The minimum atomic E-state index is 0.262. The van der Waals surface area contributed by atoms with Crippen LogP contribution in [0.3, 0.4) is 0 Å². The van der Waals surface area contributed by atoms with Gasteiger partial charge in [0.25, 0.3) is 0 Å². The van der Waals surface area contributed by atoms with E-state index in [1.165, 1.54) is 0 Å². The zero-order valence-electron chi connectivity index (χ0n) is 9.05. The quantitative estimate of drug-likeness (QED) is 0.800. The number of hydrogen-bond donors (Lipinski definition) is 1. The van der Waals surface area contributed by atoms with Gasteiger partial charge in [-0.1, -0.05) is 0 Å². The molecule has 1 N–H and O–H groups in total. The summed E-state index contributed by atoms with van der Waals surface area (Å²) in [6.07, 6.45) is 5.17. The van der Waals surface area contributed by atoms with E-state index in [0.29, 0.717) is 6.61 Å². The molecule has 0 atom stereocenters. The van der Waals surface area contributed by atoms with E-state index in [1.807, 2.05) is 25.1 Å². The molecule has 2 rings (SSSR count). The summed E-state index contributed by atoms with van der Waals surface area (Å²) in [5, 5.41) is 11.3. The summed E-state index contributed by atoms with van der Waals surface area (Å²) in [7, 11) is 0. The molecule has 0 aliphatic heterocycles. The molecule has 1 heterocycles. The summed E-state index contributed by atoms with van der Waals surface area (Å²) in [6.45, 7) is 2.57. The molecular formula is C13H13NO2. The van der Waals surface area contributed by atoms with E-state index < -0.39 is 0 Å². The maximum absolute atomic E-state index is 9.37. The van der Waals surface area contributed by atoms with Crippen molar-refractivity contribution in [1.82, 2.24) is 4.98 Å². The molecule has 82 valence electrons. The fourth-order valence-corrected chi connectivity index (χ4v) is 1.53. The van der Waals surface area contributed by atoms with Crippen molar-refractivity contribution < 1.29 is 9.84 Å². The van der Waals surface area contributed by atoms with Gasteiger partial charge in [0, 0.05) is 11.6 Å². The van der Waals surface area contributed by atoms with Crippen LogP contribution in [-0.4, -0.2) is 16.7 Å². The van der Waals surface area contributed by atoms with Gasteiger partial charge in [-0.15, -0.1) is 0 Å². The molecule has 0 aliphatic rings. The number of nitrogens with zero attached hydrogens (tertiary/aromatic N) is 1. The first-order valence-corrected chi connectivity index (χ1v) is 5.17. The molecule has 1 aromatic heterocycles. The molecule has 0 saturated heterocycles. The molecule has 0 radical (unpaired) electrons. The van der Waals surface area contributed by atoms with Crippen LogP contribution in [0, 0.1) is 0 Å². The maximum atomic E-state index is 9.37. The second-order valence-electron chi connectivity index (χ2n) is 3.36. The third-order valence-corrected chi connectivity index (χ3v) is 2.27. The van der Waals surface area contributed by atoms with Gasteiger partial charge in [-0.25, -0.2) is 0 Å². The lowest BCUT2D eigenvalue weighted by Crippen LogP contribution is -1.84. The van der Waals surface area contributed by atoms with E-state index in [-0.39, 0.29) is 5.75 Å². The van der Waals surface area contributed by atoms with Crippen LogP contribution in [0.4, 0.5) is 0 Å². The highest BCUT2D eigenvalue weighted by Gasteiger charge is 1.99. The zero-order valence-corrected chi connectivity index (χ0v) is 9.05. The summed E-state index contributed by atoms with van der Waals surface area (Å²) in [4.78, 5) is 4.26. The van der Waals surface area contributed by atoms with Crippen molar-refractivity contribution in [3.05, 3.63) is 42.4 Å². The monoisotopic (exact) mass is 215 g/mol. The Balaban J connectivity index is 2.45. The van der Waals surface area contributed by atoms with E-state index in [9.17, 15) is 5.11 Å². The number of aromatic hydroxyl groups is 1. The van der Waals surface area contributed by atoms with E-state index >= 15 is 0 Å². The number of phenolic OH excluding ortho intramolecular Hbond substituents is 1. The van der Waals surface area contributed by atoms with Crippen LogP contribution in [-0.2, 0) is 4.74 Å². The Labute approximate surface area is 94.0 Å². The van der Waals surface area contributed by atoms with Gasteiger partial charge in [-0.05, 0) is 42.7 Å². The summed E-state index contributed by atoms with van der Waals surface area (Å²) in [5.41, 5.74) is 0.839. The van der Waals surface area contributed by atoms with Crippen LogP contribution in [0.2, 0.25) is 0 Å². The summed E-state index contributed by atoms with van der Waals surface area (Å²) < 4.78 is 5.14. The number of rotatable bonds is 3. The number of aromatic nitrogens is 1. The number of benzene rings is 1. The molecule has 16 heavy (non-hydrogen) atoms. The van der Waals surface area contributed by atoms with Gasteiger partial charge < -0.3 is 9.84 Å². The van der Waals surface area contributed by atoms with Gasteiger partial charge in [0.1, 0.15) is 5.75 Å². The molecule has 0 spiro atoms. The van der Waals surface area contributed by atoms with Crippen molar-refractivity contribution in [3.8, 4) is 5.75 Å². The Morgan fingerprint density at radius 2 is 2.25 bits per heavy atom. The van der Waals surface area contributed by atoms with Gasteiger partial charge in [0.05, 0.1) is 18.6 Å². The van der Waals surface area contributed by atoms with Gasteiger partial charge in [0.15, 0.2) is 0 Å². The van der Waals surface area contributed by atoms with Crippen LogP contribution >= 0.6 is 0 Å². The summed E-state index contributed by atoms with van der Waals surface area (Å²) in [5.74, 6) is 0.262. The average molecular weight is 215 g/mol. The highest BCUT2D eigenvalue weighted by molar-refractivity contribution is 5.89. The Bertz CT molecular complexity index is 520. The van der Waals surface area contributed by atoms with Crippen LogP contribution in [0.25, 0.3) is 16.8 Å². The lowest BCUT2D eigenvalue weighted by Gasteiger charge is -2.02. The zero-order chi connectivity index (χ0) is 11.4. The van der Waals surface area contributed by atoms with E-state index in [0.717, 1.165) is 16.5 Å². The molecule has 1 aromatic carbocycles. The molecule has 0 amide bonds. The third-order valence-electron chi connectivity index (χ3n) is 2.27. The molecule has 2 aromatic rings. The van der Waals surface area contributed by atoms with Crippen molar-refractivity contribution in [2.75, 3.05) is 6.61 Å². The van der Waals surface area contributed by atoms with Crippen molar-refractivity contribution in [2.45, 2.75) is 6.92 Å². The van der Waals surface area contributed by atoms with Crippen molar-refractivity contribution in [3.63, 3.8) is 0 Å². The van der Waals surface area contributed by atoms with Crippen LogP contribution in [0.5, 0.6) is 5.75 Å². The van der Waals surface area contributed by atoms with E-state index in [2.05, 4.69) is 4.98 Å². The van der Waals surface area contributed by atoms with Gasteiger partial charge in [-0.2, -0.15) is 0 Å². The van der Waals surface area contributed by atoms with Crippen molar-refractivity contribution in [2.24, 2.45) is 0 Å². The first-order chi connectivity index (χ1) is 7.81. The molecule has 0 bridgehead atoms. The second-order valence-corrected chi connectivity index (χ2v) is 3.36. The summed E-state index contributed by atoms with van der Waals surface area (Å²) in [6, 6.07) is 7.09. The highest BCUT2D eigenvalue weighted by Crippen LogP contribution is 2.22. The molecule has 3 heteroatoms. The standard InChI is InChI=1S/C13H13NO2/c1-2-16-8-6-13-12-4-3-11(15)9-10(12)5-7-14-13/h3-9,15H,2H2,1H3/b8-6+. The first kappa shape index (κ1) is 10.5. The lowest BCUT2D eigenvalue weighted by molar-refractivity contribution is 0.272. The number of ether oxygens (including phenoxy) is 1. The van der Waals surface area contributed by atoms with E-state index in [4.69, 9.17) is 4.74 Å². The largest absolute Gasteiger partial charge is 0.508 e. The van der Waals surface area contributed by atoms with Crippen molar-refractivity contribution >= 4 is 16.8 Å². The number of fused-ring (bicyclic) bond motifs is 1. The Morgan fingerprint density at radius 1 is 1.38 bits per heavy atom. The van der Waals surface area contributed by atoms with Gasteiger partial charge >= 0.3 is 0 Å². The first-order valence-electron chi connectivity index (χ1n) is 5.17. The number of phenols is 1. The topological polar surface area (TPSA) is 42.4 Å². The molecular weight excluding hydrogens is 202 g/mol. The Kier molecular flexibility index (Phi) is 3.05. The predicted octanol–water partition coefficient (Wildman–Crippen LogP) is 2.95. The van der Waals surface area contributed by atoms with Crippen LogP contribution in [0.15, 0.2) is 36.7 Å². The highest BCUT2D eigenvalue weighted by atomic mass is 16.5. The number of pyridine rings is 1. The molecule has 0 aliphatic carbocycles. The Hall–Kier alpha value is -2.03. The molecule has 3 nitrogen and oxygen atoms in total. The second kappa shape index (κ2) is 4.66. The van der Waals surface area contributed by atoms with Gasteiger partial charge in [0.2, 0.25) is 0 Å². The van der Waals surface area contributed by atoms with Gasteiger partial charge in [-0.3, -0.25) is 4.98 Å². The maximum Gasteiger partial charge on any atom is 0.116 e. The average Bonchev–Trinajstić information content (AvgIpc) is 2.29. The van der Waals surface area contributed by atoms with E-state index in [1.54, 1.807) is 24.6 Å². The smallest absolute Gasteiger partial charge is 0.116 e. The number of hydrogen-bond acceptors (Lipinski definition) is 3. The molecule has 0 fully saturated rings. The SMILES string of the molecule is CCO/C=C/c1nccc2cc(O)ccc12. The lowest BCUT2D eigenvalue weighted by atomic mass is 10.1. The molecule has 0 unspecified atom stereocenters. The Morgan fingerprint density at radius 3 is 3.06 bits per heavy atom. The minimum Gasteiger partial charge on any atom is -0.508 e. The van der Waals surface area contributed by atoms with Crippen molar-refractivity contribution in [1.29, 1.82) is 0 Å². The normalized spacial score (nSPS) is 11.1.